The summed E-state index contributed by atoms with van der Waals surface area (Å²) in [5.41, 5.74) is 1.25. The molecule has 3 fully saturated rings. The summed E-state index contributed by atoms with van der Waals surface area (Å²) in [4.78, 5) is 12.8. The van der Waals surface area contributed by atoms with E-state index in [1.54, 1.807) is 14.2 Å². The lowest BCUT2D eigenvalue weighted by atomic mass is 9.58. The highest BCUT2D eigenvalue weighted by Crippen LogP contribution is 2.71. The fraction of sp³-hybridized carbons (Fsp3) is 0.720. The molecule has 1 unspecified atom stereocenters. The second-order valence-corrected chi connectivity index (χ2v) is 10.5. The average Bonchev–Trinajstić information content (AvgIpc) is 3.19. The van der Waals surface area contributed by atoms with E-state index in [1.165, 1.54) is 6.42 Å². The van der Waals surface area contributed by atoms with E-state index in [9.17, 15) is 4.79 Å². The molecule has 5 heteroatoms. The van der Waals surface area contributed by atoms with E-state index in [2.05, 4.69) is 39.1 Å². The molecule has 166 valence electrons. The van der Waals surface area contributed by atoms with Crippen LogP contribution in [0.25, 0.3) is 0 Å². The van der Waals surface area contributed by atoms with Crippen molar-refractivity contribution < 1.29 is 19.0 Å². The number of hydrogen-bond donors (Lipinski definition) is 1. The van der Waals surface area contributed by atoms with Gasteiger partial charge in [-0.25, -0.2) is 0 Å². The first-order chi connectivity index (χ1) is 14.2. The minimum atomic E-state index is -0.0330. The molecular weight excluding hydrogens is 378 g/mol. The highest BCUT2D eigenvalue weighted by Gasteiger charge is 2.68. The molecule has 30 heavy (non-hydrogen) atoms. The number of fused-ring (bicyclic) bond motifs is 1. The fourth-order valence-corrected chi connectivity index (χ4v) is 6.82. The van der Waals surface area contributed by atoms with Crippen LogP contribution in [0.3, 0.4) is 0 Å². The van der Waals surface area contributed by atoms with E-state index in [-0.39, 0.29) is 28.9 Å². The molecule has 1 aromatic rings. The molecule has 2 aliphatic carbocycles. The van der Waals surface area contributed by atoms with Gasteiger partial charge in [0, 0.05) is 24.6 Å². The van der Waals surface area contributed by atoms with E-state index in [1.807, 2.05) is 12.1 Å². The predicted octanol–water partition coefficient (Wildman–Crippen LogP) is 4.75. The van der Waals surface area contributed by atoms with Crippen molar-refractivity contribution in [1.82, 2.24) is 5.32 Å². The first kappa shape index (κ1) is 21.5. The van der Waals surface area contributed by atoms with E-state index in [4.69, 9.17) is 14.2 Å². The minimum Gasteiger partial charge on any atom is -0.493 e. The molecule has 1 aliphatic heterocycles. The Labute approximate surface area is 180 Å². The van der Waals surface area contributed by atoms with Crippen molar-refractivity contribution in [3.63, 3.8) is 0 Å². The topological polar surface area (TPSA) is 56.8 Å². The lowest BCUT2D eigenvalue weighted by molar-refractivity contribution is -0.138. The molecule has 4 rings (SSSR count). The maximum absolute atomic E-state index is 12.8. The Morgan fingerprint density at radius 3 is 2.70 bits per heavy atom. The maximum Gasteiger partial charge on any atom is 0.220 e. The lowest BCUT2D eigenvalue weighted by Gasteiger charge is -2.53. The van der Waals surface area contributed by atoms with Crippen LogP contribution in [0.15, 0.2) is 18.2 Å². The van der Waals surface area contributed by atoms with Crippen LogP contribution in [0.4, 0.5) is 0 Å². The van der Waals surface area contributed by atoms with Gasteiger partial charge in [0.1, 0.15) is 0 Å². The molecule has 1 N–H and O–H groups in total. The van der Waals surface area contributed by atoms with Gasteiger partial charge in [-0.1, -0.05) is 39.8 Å². The standard InChI is InChI=1S/C25H37NO4/c1-15(2)12-20(27)26-23-24(3,4)16-13-18-21(30-11-10-25(18,23)14-16)17-8-7-9-19(28-5)22(17)29-6/h7-9,15-16,18,21,23H,10-14H2,1-6H3,(H,26,27)/t16-,18-,21-,23+,25?/m1/s1. The van der Waals surface area contributed by atoms with Gasteiger partial charge < -0.3 is 19.5 Å². The lowest BCUT2D eigenvalue weighted by Crippen LogP contribution is -2.59. The summed E-state index contributed by atoms with van der Waals surface area (Å²) < 4.78 is 17.7. The van der Waals surface area contributed by atoms with E-state index in [0.29, 0.717) is 30.8 Å². The zero-order valence-electron chi connectivity index (χ0n) is 19.3. The summed E-state index contributed by atoms with van der Waals surface area (Å²) in [5.74, 6) is 3.02. The van der Waals surface area contributed by atoms with E-state index < -0.39 is 0 Å². The summed E-state index contributed by atoms with van der Waals surface area (Å²) in [5, 5.41) is 3.49. The van der Waals surface area contributed by atoms with Crippen LogP contribution in [-0.2, 0) is 9.53 Å². The Morgan fingerprint density at radius 1 is 1.27 bits per heavy atom. The zero-order chi connectivity index (χ0) is 21.7. The highest BCUT2D eigenvalue weighted by molar-refractivity contribution is 5.76. The summed E-state index contributed by atoms with van der Waals surface area (Å²) in [6.45, 7) is 9.61. The van der Waals surface area contributed by atoms with Crippen LogP contribution in [-0.4, -0.2) is 32.8 Å². The Hall–Kier alpha value is -1.75. The molecule has 3 aliphatic rings. The largest absolute Gasteiger partial charge is 0.493 e. The normalized spacial score (nSPS) is 34.0. The molecule has 1 saturated heterocycles. The maximum atomic E-state index is 12.8. The van der Waals surface area contributed by atoms with Gasteiger partial charge in [0.25, 0.3) is 0 Å². The second kappa shape index (κ2) is 7.74. The number of hydrogen-bond acceptors (Lipinski definition) is 4. The number of carbonyl (C=O) groups excluding carboxylic acids is 1. The second-order valence-electron chi connectivity index (χ2n) is 10.5. The summed E-state index contributed by atoms with van der Waals surface area (Å²) in [6, 6.07) is 6.23. The average molecular weight is 416 g/mol. The molecule has 1 aromatic carbocycles. The number of nitrogens with one attached hydrogen (secondary N) is 1. The van der Waals surface area contributed by atoms with E-state index >= 15 is 0 Å². The molecule has 5 nitrogen and oxygen atoms in total. The van der Waals surface area contributed by atoms with Crippen LogP contribution >= 0.6 is 0 Å². The Bertz CT molecular complexity index is 804. The van der Waals surface area contributed by atoms with Crippen LogP contribution in [0.2, 0.25) is 0 Å². The molecule has 0 radical (unpaired) electrons. The van der Waals surface area contributed by atoms with Crippen molar-refractivity contribution in [1.29, 1.82) is 0 Å². The third-order valence-corrected chi connectivity index (χ3v) is 8.14. The number of carbonyl (C=O) groups is 1. The van der Waals surface area contributed by atoms with Crippen molar-refractivity contribution in [2.45, 2.75) is 65.5 Å². The van der Waals surface area contributed by atoms with Gasteiger partial charge in [0.2, 0.25) is 5.91 Å². The van der Waals surface area contributed by atoms with Gasteiger partial charge in [0.15, 0.2) is 11.5 Å². The minimum absolute atomic E-state index is 0.0330. The number of amides is 1. The molecule has 1 amide bonds. The number of rotatable bonds is 6. The van der Waals surface area contributed by atoms with Gasteiger partial charge >= 0.3 is 0 Å². The molecule has 2 saturated carbocycles. The van der Waals surface area contributed by atoms with Crippen LogP contribution in [0, 0.1) is 28.6 Å². The number of benzene rings is 1. The van der Waals surface area contributed by atoms with Crippen LogP contribution in [0.1, 0.15) is 65.0 Å². The SMILES string of the molecule is COc1cccc([C@H]2OCCC34C[C@@H](C[C@H]23)C(C)(C)[C@@H]4NC(=O)CC(C)C)c1OC. The molecule has 1 spiro atoms. The zero-order valence-corrected chi connectivity index (χ0v) is 19.3. The fourth-order valence-electron chi connectivity index (χ4n) is 6.82. The third kappa shape index (κ3) is 3.21. The van der Waals surface area contributed by atoms with Crippen LogP contribution < -0.4 is 14.8 Å². The number of ether oxygens (including phenoxy) is 3. The van der Waals surface area contributed by atoms with Crippen molar-refractivity contribution in [2.24, 2.45) is 28.6 Å². The first-order valence-corrected chi connectivity index (χ1v) is 11.4. The van der Waals surface area contributed by atoms with Crippen molar-refractivity contribution in [3.8, 4) is 11.5 Å². The molecule has 1 heterocycles. The van der Waals surface area contributed by atoms with Crippen molar-refractivity contribution in [2.75, 3.05) is 20.8 Å². The number of methoxy groups -OCH3 is 2. The van der Waals surface area contributed by atoms with E-state index in [0.717, 1.165) is 29.9 Å². The summed E-state index contributed by atoms with van der Waals surface area (Å²) >= 11 is 0. The van der Waals surface area contributed by atoms with Gasteiger partial charge in [-0.15, -0.1) is 0 Å². The Kier molecular flexibility index (Phi) is 5.54. The van der Waals surface area contributed by atoms with Gasteiger partial charge in [-0.3, -0.25) is 4.79 Å². The quantitative estimate of drug-likeness (QED) is 0.729. The molecule has 5 atom stereocenters. The van der Waals surface area contributed by atoms with Crippen molar-refractivity contribution in [3.05, 3.63) is 23.8 Å². The third-order valence-electron chi connectivity index (χ3n) is 8.14. The van der Waals surface area contributed by atoms with Gasteiger partial charge in [-0.05, 0) is 53.9 Å². The van der Waals surface area contributed by atoms with Gasteiger partial charge in [-0.2, -0.15) is 0 Å². The first-order valence-electron chi connectivity index (χ1n) is 11.4. The summed E-state index contributed by atoms with van der Waals surface area (Å²) in [7, 11) is 3.37. The Morgan fingerprint density at radius 2 is 2.03 bits per heavy atom. The predicted molar refractivity (Wildman–Crippen MR) is 117 cm³/mol. The molecular formula is C25H37NO4. The van der Waals surface area contributed by atoms with Crippen LogP contribution in [0.5, 0.6) is 11.5 Å². The monoisotopic (exact) mass is 415 g/mol. The van der Waals surface area contributed by atoms with Gasteiger partial charge in [0.05, 0.1) is 20.3 Å². The van der Waals surface area contributed by atoms with Crippen molar-refractivity contribution >= 4 is 5.91 Å². The molecule has 2 bridgehead atoms. The molecule has 0 aromatic heterocycles. The smallest absolute Gasteiger partial charge is 0.220 e. The summed E-state index contributed by atoms with van der Waals surface area (Å²) in [6.07, 6.45) is 3.86. The Balaban J connectivity index is 1.69. The number of para-hydroxylation sites is 1. The highest BCUT2D eigenvalue weighted by atomic mass is 16.5.